The maximum atomic E-state index is 11.7. The van der Waals surface area contributed by atoms with Crippen LogP contribution in [-0.4, -0.2) is 17.6 Å². The standard InChI is InChI=1S/C13H19NO2S/c15-12(11-5-6-17-9-11)8-14-13(16)7-10-3-1-2-4-10/h5-6,9-10,12,15H,1-4,7-8H2,(H,14,16). The summed E-state index contributed by atoms with van der Waals surface area (Å²) in [7, 11) is 0. The largest absolute Gasteiger partial charge is 0.387 e. The number of aliphatic hydroxyl groups excluding tert-OH is 1. The van der Waals surface area contributed by atoms with E-state index >= 15 is 0 Å². The number of aliphatic hydroxyl groups is 1. The normalized spacial score (nSPS) is 18.2. The molecule has 1 aromatic rings. The highest BCUT2D eigenvalue weighted by molar-refractivity contribution is 7.07. The van der Waals surface area contributed by atoms with Crippen molar-refractivity contribution < 1.29 is 9.90 Å². The van der Waals surface area contributed by atoms with Gasteiger partial charge < -0.3 is 10.4 Å². The van der Waals surface area contributed by atoms with Gasteiger partial charge in [0.25, 0.3) is 0 Å². The number of hydrogen-bond acceptors (Lipinski definition) is 3. The first kappa shape index (κ1) is 12.6. The molecular weight excluding hydrogens is 234 g/mol. The van der Waals surface area contributed by atoms with Crippen molar-refractivity contribution in [2.75, 3.05) is 6.54 Å². The van der Waals surface area contributed by atoms with Crippen LogP contribution in [0.15, 0.2) is 16.8 Å². The van der Waals surface area contributed by atoms with Gasteiger partial charge in [0.1, 0.15) is 0 Å². The highest BCUT2D eigenvalue weighted by Gasteiger charge is 2.18. The summed E-state index contributed by atoms with van der Waals surface area (Å²) in [6.45, 7) is 0.322. The molecule has 1 fully saturated rings. The zero-order chi connectivity index (χ0) is 12.1. The Morgan fingerprint density at radius 2 is 2.29 bits per heavy atom. The molecule has 0 radical (unpaired) electrons. The highest BCUT2D eigenvalue weighted by atomic mass is 32.1. The average Bonchev–Trinajstić information content (AvgIpc) is 2.97. The van der Waals surface area contributed by atoms with E-state index in [9.17, 15) is 9.90 Å². The van der Waals surface area contributed by atoms with Crippen molar-refractivity contribution in [3.8, 4) is 0 Å². The quantitative estimate of drug-likeness (QED) is 0.847. The van der Waals surface area contributed by atoms with Crippen LogP contribution in [0.5, 0.6) is 0 Å². The molecule has 0 saturated heterocycles. The molecule has 1 aliphatic carbocycles. The monoisotopic (exact) mass is 253 g/mol. The van der Waals surface area contributed by atoms with Gasteiger partial charge in [-0.25, -0.2) is 0 Å². The predicted octanol–water partition coefficient (Wildman–Crippen LogP) is 2.48. The van der Waals surface area contributed by atoms with Crippen molar-refractivity contribution in [1.82, 2.24) is 5.32 Å². The smallest absolute Gasteiger partial charge is 0.220 e. The Hall–Kier alpha value is -0.870. The second-order valence-electron chi connectivity index (χ2n) is 4.73. The summed E-state index contributed by atoms with van der Waals surface area (Å²) in [4.78, 5) is 11.7. The summed E-state index contributed by atoms with van der Waals surface area (Å²) in [5.74, 6) is 0.638. The van der Waals surface area contributed by atoms with Crippen molar-refractivity contribution in [3.63, 3.8) is 0 Å². The van der Waals surface area contributed by atoms with Crippen LogP contribution in [-0.2, 0) is 4.79 Å². The molecule has 4 heteroatoms. The topological polar surface area (TPSA) is 49.3 Å². The fourth-order valence-corrected chi connectivity index (χ4v) is 3.05. The lowest BCUT2D eigenvalue weighted by Gasteiger charge is -2.12. The molecule has 1 heterocycles. The average molecular weight is 253 g/mol. The summed E-state index contributed by atoms with van der Waals surface area (Å²) < 4.78 is 0. The van der Waals surface area contributed by atoms with Crippen LogP contribution >= 0.6 is 11.3 Å². The van der Waals surface area contributed by atoms with Gasteiger partial charge in [-0.3, -0.25) is 4.79 Å². The molecule has 1 unspecified atom stereocenters. The second-order valence-corrected chi connectivity index (χ2v) is 5.51. The van der Waals surface area contributed by atoms with E-state index in [-0.39, 0.29) is 5.91 Å². The van der Waals surface area contributed by atoms with Crippen molar-refractivity contribution in [3.05, 3.63) is 22.4 Å². The Kier molecular flexibility index (Phi) is 4.57. The third-order valence-electron chi connectivity index (χ3n) is 3.37. The van der Waals surface area contributed by atoms with E-state index < -0.39 is 6.10 Å². The second kappa shape index (κ2) is 6.17. The van der Waals surface area contributed by atoms with Crippen LogP contribution < -0.4 is 5.32 Å². The van der Waals surface area contributed by atoms with E-state index in [1.54, 1.807) is 11.3 Å². The van der Waals surface area contributed by atoms with Crippen molar-refractivity contribution in [1.29, 1.82) is 0 Å². The first-order valence-corrected chi connectivity index (χ1v) is 7.17. The summed E-state index contributed by atoms with van der Waals surface area (Å²) in [5, 5.41) is 16.5. The van der Waals surface area contributed by atoms with Gasteiger partial charge in [-0.05, 0) is 41.1 Å². The lowest BCUT2D eigenvalue weighted by atomic mass is 10.0. The van der Waals surface area contributed by atoms with Crippen LogP contribution in [0.2, 0.25) is 0 Å². The first-order chi connectivity index (χ1) is 8.25. The molecular formula is C13H19NO2S. The molecule has 1 aromatic heterocycles. The van der Waals surface area contributed by atoms with Crippen LogP contribution in [0.1, 0.15) is 43.8 Å². The Balaban J connectivity index is 1.68. The molecule has 0 spiro atoms. The van der Waals surface area contributed by atoms with Gasteiger partial charge in [-0.1, -0.05) is 12.8 Å². The number of thiophene rings is 1. The van der Waals surface area contributed by atoms with E-state index in [1.165, 1.54) is 25.7 Å². The number of carbonyl (C=O) groups is 1. The van der Waals surface area contributed by atoms with E-state index in [4.69, 9.17) is 0 Å². The third kappa shape index (κ3) is 3.82. The van der Waals surface area contributed by atoms with Gasteiger partial charge in [0.05, 0.1) is 6.10 Å². The Morgan fingerprint density at radius 1 is 1.53 bits per heavy atom. The van der Waals surface area contributed by atoms with Crippen molar-refractivity contribution in [2.24, 2.45) is 5.92 Å². The van der Waals surface area contributed by atoms with Gasteiger partial charge in [-0.2, -0.15) is 11.3 Å². The lowest BCUT2D eigenvalue weighted by molar-refractivity contribution is -0.122. The summed E-state index contributed by atoms with van der Waals surface area (Å²) in [5.41, 5.74) is 0.885. The minimum absolute atomic E-state index is 0.0752. The van der Waals surface area contributed by atoms with Crippen LogP contribution in [0, 0.1) is 5.92 Å². The first-order valence-electron chi connectivity index (χ1n) is 6.22. The molecule has 2 N–H and O–H groups in total. The van der Waals surface area contributed by atoms with Gasteiger partial charge in [0.2, 0.25) is 5.91 Å². The summed E-state index contributed by atoms with van der Waals surface area (Å²) >= 11 is 1.56. The maximum Gasteiger partial charge on any atom is 0.220 e. The number of nitrogens with one attached hydrogen (secondary N) is 1. The van der Waals surface area contributed by atoms with E-state index in [2.05, 4.69) is 5.32 Å². The fraction of sp³-hybridized carbons (Fsp3) is 0.615. The van der Waals surface area contributed by atoms with Gasteiger partial charge in [-0.15, -0.1) is 0 Å². The summed E-state index contributed by atoms with van der Waals surface area (Å²) in [6, 6.07) is 1.89. The number of carbonyl (C=O) groups excluding carboxylic acids is 1. The molecule has 1 amide bonds. The van der Waals surface area contributed by atoms with Gasteiger partial charge in [0.15, 0.2) is 0 Å². The molecule has 1 atom stereocenters. The minimum Gasteiger partial charge on any atom is -0.387 e. The van der Waals surface area contributed by atoms with E-state index in [1.807, 2.05) is 16.8 Å². The minimum atomic E-state index is -0.575. The molecule has 94 valence electrons. The van der Waals surface area contributed by atoms with Crippen LogP contribution in [0.4, 0.5) is 0 Å². The maximum absolute atomic E-state index is 11.7. The Bertz CT molecular complexity index is 344. The zero-order valence-corrected chi connectivity index (χ0v) is 10.7. The van der Waals surface area contributed by atoms with Crippen molar-refractivity contribution >= 4 is 17.2 Å². The Morgan fingerprint density at radius 3 is 2.94 bits per heavy atom. The molecule has 0 aromatic carbocycles. The SMILES string of the molecule is O=C(CC1CCCC1)NCC(O)c1ccsc1. The molecule has 0 aliphatic heterocycles. The summed E-state index contributed by atoms with van der Waals surface area (Å²) in [6.07, 6.45) is 4.93. The van der Waals surface area contributed by atoms with E-state index in [0.717, 1.165) is 5.56 Å². The van der Waals surface area contributed by atoms with Crippen LogP contribution in [0.3, 0.4) is 0 Å². The Labute approximate surface area is 106 Å². The molecule has 0 bridgehead atoms. The molecule has 1 aliphatic rings. The molecule has 3 nitrogen and oxygen atoms in total. The lowest BCUT2D eigenvalue weighted by Crippen LogP contribution is -2.29. The van der Waals surface area contributed by atoms with Gasteiger partial charge >= 0.3 is 0 Å². The highest BCUT2D eigenvalue weighted by Crippen LogP contribution is 2.27. The third-order valence-corrected chi connectivity index (χ3v) is 4.07. The molecule has 1 saturated carbocycles. The van der Waals surface area contributed by atoms with E-state index in [0.29, 0.717) is 18.9 Å². The predicted molar refractivity (Wildman–Crippen MR) is 68.9 cm³/mol. The molecule has 2 rings (SSSR count). The van der Waals surface area contributed by atoms with Crippen molar-refractivity contribution in [2.45, 2.75) is 38.2 Å². The number of hydrogen-bond donors (Lipinski definition) is 2. The fourth-order valence-electron chi connectivity index (χ4n) is 2.34. The number of amides is 1. The van der Waals surface area contributed by atoms with Gasteiger partial charge in [0, 0.05) is 13.0 Å². The number of rotatable bonds is 5. The van der Waals surface area contributed by atoms with Crippen LogP contribution in [0.25, 0.3) is 0 Å². The zero-order valence-electron chi connectivity index (χ0n) is 9.89. The molecule has 17 heavy (non-hydrogen) atoms.